The van der Waals surface area contributed by atoms with Crippen LogP contribution in [0.25, 0.3) is 0 Å². The maximum Gasteiger partial charge on any atom is 0.119 e. The first-order valence-electron chi connectivity index (χ1n) is 7.66. The van der Waals surface area contributed by atoms with E-state index in [0.717, 1.165) is 17.7 Å². The van der Waals surface area contributed by atoms with Crippen molar-refractivity contribution in [3.63, 3.8) is 0 Å². The molecule has 2 aromatic carbocycles. The van der Waals surface area contributed by atoms with Gasteiger partial charge in [-0.25, -0.2) is 0 Å². The molecular formula is C19H18ClNO. The number of benzene rings is 2. The first-order chi connectivity index (χ1) is 10.8. The van der Waals surface area contributed by atoms with Gasteiger partial charge in [-0.2, -0.15) is 5.26 Å². The first-order valence-corrected chi connectivity index (χ1v) is 8.04. The number of aryl methyl sites for hydroxylation is 2. The Morgan fingerprint density at radius 3 is 2.77 bits per heavy atom. The lowest BCUT2D eigenvalue weighted by atomic mass is 9.98. The number of rotatable bonds is 5. The molecule has 1 atom stereocenters. The zero-order valence-electron chi connectivity index (χ0n) is 12.4. The summed E-state index contributed by atoms with van der Waals surface area (Å²) in [6, 6.07) is 16.2. The van der Waals surface area contributed by atoms with E-state index in [2.05, 4.69) is 18.2 Å². The molecular weight excluding hydrogens is 294 g/mol. The van der Waals surface area contributed by atoms with E-state index < -0.39 is 0 Å². The second-order valence-electron chi connectivity index (χ2n) is 5.62. The average molecular weight is 312 g/mol. The second kappa shape index (κ2) is 6.85. The molecule has 22 heavy (non-hydrogen) atoms. The van der Waals surface area contributed by atoms with Gasteiger partial charge in [0.2, 0.25) is 0 Å². The minimum atomic E-state index is -0.233. The molecule has 0 bridgehead atoms. The molecule has 1 aliphatic carbocycles. The maximum absolute atomic E-state index is 9.36. The van der Waals surface area contributed by atoms with Gasteiger partial charge < -0.3 is 4.74 Å². The van der Waals surface area contributed by atoms with Crippen molar-refractivity contribution in [2.24, 2.45) is 0 Å². The summed E-state index contributed by atoms with van der Waals surface area (Å²) in [5, 5.41) is 10.0. The summed E-state index contributed by atoms with van der Waals surface area (Å²) in [4.78, 5) is 0. The molecule has 1 unspecified atom stereocenters. The van der Waals surface area contributed by atoms with Crippen LogP contribution in [0.15, 0.2) is 42.5 Å². The topological polar surface area (TPSA) is 33.0 Å². The van der Waals surface area contributed by atoms with E-state index >= 15 is 0 Å². The molecule has 2 nitrogen and oxygen atoms in total. The van der Waals surface area contributed by atoms with Crippen molar-refractivity contribution >= 4 is 11.6 Å². The van der Waals surface area contributed by atoms with Crippen molar-refractivity contribution in [2.45, 2.75) is 31.6 Å². The van der Waals surface area contributed by atoms with Crippen LogP contribution < -0.4 is 4.74 Å². The molecule has 0 aliphatic heterocycles. The van der Waals surface area contributed by atoms with Gasteiger partial charge in [0, 0.05) is 11.4 Å². The molecule has 0 heterocycles. The molecule has 2 aromatic rings. The van der Waals surface area contributed by atoms with Gasteiger partial charge in [-0.15, -0.1) is 0 Å². The van der Waals surface area contributed by atoms with Crippen molar-refractivity contribution in [1.82, 2.24) is 0 Å². The van der Waals surface area contributed by atoms with Gasteiger partial charge in [0.15, 0.2) is 0 Å². The van der Waals surface area contributed by atoms with E-state index in [0.29, 0.717) is 18.1 Å². The fourth-order valence-corrected chi connectivity index (χ4v) is 3.25. The predicted octanol–water partition coefficient (Wildman–Crippen LogP) is 4.90. The lowest BCUT2D eigenvalue weighted by Crippen LogP contribution is -2.05. The fraction of sp³-hybridized carbons (Fsp3) is 0.316. The van der Waals surface area contributed by atoms with Crippen LogP contribution in [-0.4, -0.2) is 6.61 Å². The largest absolute Gasteiger partial charge is 0.494 e. The molecule has 0 amide bonds. The average Bonchev–Trinajstić information content (AvgIpc) is 3.00. The molecule has 0 spiro atoms. The molecule has 3 rings (SSSR count). The highest BCUT2D eigenvalue weighted by Crippen LogP contribution is 2.28. The highest BCUT2D eigenvalue weighted by Gasteiger charge is 2.15. The lowest BCUT2D eigenvalue weighted by molar-refractivity contribution is 0.305. The number of hydrogen-bond acceptors (Lipinski definition) is 2. The van der Waals surface area contributed by atoms with Gasteiger partial charge >= 0.3 is 0 Å². The lowest BCUT2D eigenvalue weighted by Gasteiger charge is -2.13. The van der Waals surface area contributed by atoms with E-state index in [1.165, 1.54) is 24.0 Å². The standard InChI is InChI=1S/C19H18ClNO/c20-19-7-2-1-6-18(19)16(13-21)10-11-22-17-9-8-14-4-3-5-15(14)12-17/h1-2,6-9,12,16H,3-5,10-11H2. The molecule has 112 valence electrons. The highest BCUT2D eigenvalue weighted by atomic mass is 35.5. The minimum Gasteiger partial charge on any atom is -0.494 e. The summed E-state index contributed by atoms with van der Waals surface area (Å²) in [7, 11) is 0. The third kappa shape index (κ3) is 3.26. The van der Waals surface area contributed by atoms with Crippen molar-refractivity contribution in [3.8, 4) is 11.8 Å². The van der Waals surface area contributed by atoms with Gasteiger partial charge in [0.1, 0.15) is 5.75 Å². The van der Waals surface area contributed by atoms with E-state index in [1.54, 1.807) is 0 Å². The molecule has 0 aromatic heterocycles. The van der Waals surface area contributed by atoms with E-state index in [4.69, 9.17) is 16.3 Å². The molecule has 0 fully saturated rings. The van der Waals surface area contributed by atoms with E-state index in [9.17, 15) is 5.26 Å². The zero-order chi connectivity index (χ0) is 15.4. The Kier molecular flexibility index (Phi) is 4.65. The van der Waals surface area contributed by atoms with Crippen LogP contribution in [0.1, 0.15) is 35.4 Å². The Morgan fingerprint density at radius 1 is 1.14 bits per heavy atom. The fourth-order valence-electron chi connectivity index (χ4n) is 2.98. The molecule has 3 heteroatoms. The van der Waals surface area contributed by atoms with Crippen LogP contribution in [0.3, 0.4) is 0 Å². The van der Waals surface area contributed by atoms with Gasteiger partial charge in [0.05, 0.1) is 18.6 Å². The Morgan fingerprint density at radius 2 is 1.95 bits per heavy atom. The molecule has 0 N–H and O–H groups in total. The van der Waals surface area contributed by atoms with E-state index in [1.807, 2.05) is 30.3 Å². The summed E-state index contributed by atoms with van der Waals surface area (Å²) in [5.41, 5.74) is 3.72. The normalized spacial score (nSPS) is 14.2. The Labute approximate surface area is 136 Å². The maximum atomic E-state index is 9.36. The van der Waals surface area contributed by atoms with Crippen molar-refractivity contribution < 1.29 is 4.74 Å². The molecule has 0 saturated carbocycles. The van der Waals surface area contributed by atoms with E-state index in [-0.39, 0.29) is 5.92 Å². The van der Waals surface area contributed by atoms with Gasteiger partial charge in [-0.1, -0.05) is 35.9 Å². The van der Waals surface area contributed by atoms with Crippen molar-refractivity contribution in [3.05, 3.63) is 64.2 Å². The van der Waals surface area contributed by atoms with Crippen molar-refractivity contribution in [2.75, 3.05) is 6.61 Å². The van der Waals surface area contributed by atoms with Crippen LogP contribution in [0.2, 0.25) is 5.02 Å². The third-order valence-electron chi connectivity index (χ3n) is 4.18. The van der Waals surface area contributed by atoms with Gasteiger partial charge in [0.25, 0.3) is 0 Å². The monoisotopic (exact) mass is 311 g/mol. The minimum absolute atomic E-state index is 0.233. The number of halogens is 1. The third-order valence-corrected chi connectivity index (χ3v) is 4.53. The highest BCUT2D eigenvalue weighted by molar-refractivity contribution is 6.31. The number of fused-ring (bicyclic) bond motifs is 1. The quantitative estimate of drug-likeness (QED) is 0.786. The number of nitrogens with zero attached hydrogens (tertiary/aromatic N) is 1. The summed E-state index contributed by atoms with van der Waals surface area (Å²) in [5.74, 6) is 0.666. The molecule has 0 saturated heterocycles. The van der Waals surface area contributed by atoms with Crippen LogP contribution >= 0.6 is 11.6 Å². The number of ether oxygens (including phenoxy) is 1. The smallest absolute Gasteiger partial charge is 0.119 e. The summed E-state index contributed by atoms with van der Waals surface area (Å²) in [6.07, 6.45) is 4.20. The van der Waals surface area contributed by atoms with Crippen LogP contribution in [0, 0.1) is 11.3 Å². The van der Waals surface area contributed by atoms with Crippen LogP contribution in [-0.2, 0) is 12.8 Å². The Hall–Kier alpha value is -1.98. The summed E-state index contributed by atoms with van der Waals surface area (Å²) < 4.78 is 5.83. The van der Waals surface area contributed by atoms with Gasteiger partial charge in [-0.3, -0.25) is 0 Å². The Bertz CT molecular complexity index is 705. The second-order valence-corrected chi connectivity index (χ2v) is 6.03. The van der Waals surface area contributed by atoms with Crippen LogP contribution in [0.4, 0.5) is 0 Å². The SMILES string of the molecule is N#CC(CCOc1ccc2c(c1)CCC2)c1ccccc1Cl. The predicted molar refractivity (Wildman–Crippen MR) is 88.4 cm³/mol. The summed E-state index contributed by atoms with van der Waals surface area (Å²) >= 11 is 6.17. The van der Waals surface area contributed by atoms with Crippen molar-refractivity contribution in [1.29, 1.82) is 5.26 Å². The Balaban J connectivity index is 1.60. The number of nitriles is 1. The summed E-state index contributed by atoms with van der Waals surface area (Å²) in [6.45, 7) is 0.516. The van der Waals surface area contributed by atoms with Gasteiger partial charge in [-0.05, 0) is 54.2 Å². The molecule has 1 aliphatic rings. The zero-order valence-corrected chi connectivity index (χ0v) is 13.1. The molecule has 0 radical (unpaired) electrons. The van der Waals surface area contributed by atoms with Crippen LogP contribution in [0.5, 0.6) is 5.75 Å². The number of hydrogen-bond donors (Lipinski definition) is 0. The first kappa shape index (κ1) is 14.9.